The quantitative estimate of drug-likeness (QED) is 0.868. The minimum Gasteiger partial charge on any atom is -0.326 e. The summed E-state index contributed by atoms with van der Waals surface area (Å²) in [7, 11) is 0. The van der Waals surface area contributed by atoms with Crippen LogP contribution in [0.4, 0.5) is 0 Å². The van der Waals surface area contributed by atoms with E-state index in [-0.39, 0.29) is 0 Å². The van der Waals surface area contributed by atoms with E-state index in [9.17, 15) is 0 Å². The number of nitrogens with zero attached hydrogens (tertiary/aromatic N) is 3. The molecular formula is C11H13ClN4. The van der Waals surface area contributed by atoms with Crippen molar-refractivity contribution in [3.8, 4) is 5.69 Å². The average Bonchev–Trinajstić information content (AvgIpc) is 2.57. The molecule has 2 aromatic heterocycles. The van der Waals surface area contributed by atoms with Crippen molar-refractivity contribution in [2.24, 2.45) is 5.73 Å². The molecule has 0 spiro atoms. The maximum atomic E-state index is 6.11. The first-order valence-corrected chi connectivity index (χ1v) is 5.38. The third kappa shape index (κ3) is 1.70. The van der Waals surface area contributed by atoms with Gasteiger partial charge in [-0.05, 0) is 25.5 Å². The number of aromatic nitrogens is 3. The first-order chi connectivity index (χ1) is 7.65. The molecule has 0 unspecified atom stereocenters. The summed E-state index contributed by atoms with van der Waals surface area (Å²) in [6.07, 6.45) is 3.47. The average molecular weight is 237 g/mol. The van der Waals surface area contributed by atoms with Crippen molar-refractivity contribution in [3.63, 3.8) is 0 Å². The zero-order valence-electron chi connectivity index (χ0n) is 9.24. The lowest BCUT2D eigenvalue weighted by molar-refractivity contribution is 0.812. The van der Waals surface area contributed by atoms with E-state index >= 15 is 0 Å². The van der Waals surface area contributed by atoms with Gasteiger partial charge in [-0.15, -0.1) is 0 Å². The van der Waals surface area contributed by atoms with Crippen LogP contribution in [0.3, 0.4) is 0 Å². The van der Waals surface area contributed by atoms with Gasteiger partial charge in [0.05, 0.1) is 28.3 Å². The fraction of sp³-hybridized carbons (Fsp3) is 0.273. The Hall–Kier alpha value is -1.39. The van der Waals surface area contributed by atoms with Gasteiger partial charge >= 0.3 is 0 Å². The van der Waals surface area contributed by atoms with Gasteiger partial charge in [0.25, 0.3) is 0 Å². The Kier molecular flexibility index (Phi) is 2.94. The van der Waals surface area contributed by atoms with Crippen LogP contribution in [0.25, 0.3) is 5.69 Å². The van der Waals surface area contributed by atoms with Crippen molar-refractivity contribution in [1.29, 1.82) is 0 Å². The van der Waals surface area contributed by atoms with E-state index in [2.05, 4.69) is 10.1 Å². The lowest BCUT2D eigenvalue weighted by Gasteiger charge is -2.08. The molecule has 2 aromatic rings. The van der Waals surface area contributed by atoms with Crippen LogP contribution >= 0.6 is 11.6 Å². The molecule has 0 saturated heterocycles. The summed E-state index contributed by atoms with van der Waals surface area (Å²) in [4.78, 5) is 4.09. The highest BCUT2D eigenvalue weighted by Crippen LogP contribution is 2.23. The Morgan fingerprint density at radius 2 is 2.19 bits per heavy atom. The molecule has 0 amide bonds. The maximum Gasteiger partial charge on any atom is 0.0877 e. The molecule has 0 aliphatic carbocycles. The molecule has 0 aliphatic rings. The molecule has 0 aliphatic heterocycles. The molecule has 5 heteroatoms. The maximum absolute atomic E-state index is 6.11. The third-order valence-corrected chi connectivity index (χ3v) is 3.09. The molecular weight excluding hydrogens is 224 g/mol. The molecule has 4 nitrogen and oxygen atoms in total. The first kappa shape index (κ1) is 11.1. The minimum atomic E-state index is 0.452. The smallest absolute Gasteiger partial charge is 0.0877 e. The summed E-state index contributed by atoms with van der Waals surface area (Å²) in [6, 6.07) is 1.89. The van der Waals surface area contributed by atoms with Gasteiger partial charge in [-0.3, -0.25) is 4.98 Å². The minimum absolute atomic E-state index is 0.452. The van der Waals surface area contributed by atoms with Crippen LogP contribution in [-0.2, 0) is 6.54 Å². The predicted octanol–water partition coefficient (Wildman–Crippen LogP) is 2.00. The van der Waals surface area contributed by atoms with E-state index in [1.807, 2.05) is 19.9 Å². The number of nitrogens with two attached hydrogens (primary N) is 1. The van der Waals surface area contributed by atoms with Crippen molar-refractivity contribution in [2.45, 2.75) is 20.4 Å². The number of hydrogen-bond donors (Lipinski definition) is 1. The first-order valence-electron chi connectivity index (χ1n) is 5.00. The molecule has 0 fully saturated rings. The van der Waals surface area contributed by atoms with Crippen LogP contribution in [0.2, 0.25) is 5.02 Å². The molecule has 2 N–H and O–H groups in total. The van der Waals surface area contributed by atoms with Gasteiger partial charge in [0, 0.05) is 12.7 Å². The van der Waals surface area contributed by atoms with Gasteiger partial charge in [0.2, 0.25) is 0 Å². The van der Waals surface area contributed by atoms with E-state index in [0.29, 0.717) is 11.6 Å². The van der Waals surface area contributed by atoms with Crippen molar-refractivity contribution >= 4 is 11.6 Å². The van der Waals surface area contributed by atoms with Gasteiger partial charge in [-0.1, -0.05) is 11.6 Å². The Morgan fingerprint density at radius 3 is 2.75 bits per heavy atom. The zero-order chi connectivity index (χ0) is 11.7. The van der Waals surface area contributed by atoms with Gasteiger partial charge < -0.3 is 5.73 Å². The molecule has 16 heavy (non-hydrogen) atoms. The molecule has 2 rings (SSSR count). The van der Waals surface area contributed by atoms with Crippen molar-refractivity contribution in [1.82, 2.24) is 14.8 Å². The van der Waals surface area contributed by atoms with Crippen LogP contribution in [0, 0.1) is 13.8 Å². The van der Waals surface area contributed by atoms with E-state index in [4.69, 9.17) is 17.3 Å². The number of rotatable bonds is 2. The fourth-order valence-corrected chi connectivity index (χ4v) is 1.75. The number of halogens is 1. The van der Waals surface area contributed by atoms with Crippen LogP contribution in [-0.4, -0.2) is 14.8 Å². The second-order valence-electron chi connectivity index (χ2n) is 3.61. The molecule has 0 radical (unpaired) electrons. The largest absolute Gasteiger partial charge is 0.326 e. The molecule has 84 valence electrons. The van der Waals surface area contributed by atoms with Crippen LogP contribution in [0.15, 0.2) is 18.5 Å². The second-order valence-corrected chi connectivity index (χ2v) is 3.98. The number of pyridine rings is 1. The number of aryl methyl sites for hydroxylation is 1. The number of hydrogen-bond acceptors (Lipinski definition) is 3. The second kappa shape index (κ2) is 4.23. The van der Waals surface area contributed by atoms with Crippen molar-refractivity contribution in [3.05, 3.63) is 40.4 Å². The van der Waals surface area contributed by atoms with Crippen LogP contribution in [0.5, 0.6) is 0 Å². The summed E-state index contributed by atoms with van der Waals surface area (Å²) in [5, 5.41) is 5.06. The van der Waals surface area contributed by atoms with Crippen molar-refractivity contribution in [2.75, 3.05) is 0 Å². The topological polar surface area (TPSA) is 56.7 Å². The summed E-state index contributed by atoms with van der Waals surface area (Å²) < 4.78 is 1.78. The Morgan fingerprint density at radius 1 is 1.44 bits per heavy atom. The van der Waals surface area contributed by atoms with Crippen LogP contribution in [0.1, 0.15) is 17.0 Å². The highest BCUT2D eigenvalue weighted by molar-refractivity contribution is 6.31. The van der Waals surface area contributed by atoms with E-state index in [1.165, 1.54) is 0 Å². The van der Waals surface area contributed by atoms with E-state index < -0.39 is 0 Å². The van der Waals surface area contributed by atoms with Gasteiger partial charge in [-0.2, -0.15) is 5.10 Å². The third-order valence-electron chi connectivity index (χ3n) is 2.54. The summed E-state index contributed by atoms with van der Waals surface area (Å²) in [5.74, 6) is 0. The van der Waals surface area contributed by atoms with Crippen molar-refractivity contribution < 1.29 is 0 Å². The molecule has 0 aromatic carbocycles. The summed E-state index contributed by atoms with van der Waals surface area (Å²) in [6.45, 7) is 4.26. The lowest BCUT2D eigenvalue weighted by Crippen LogP contribution is -2.07. The monoisotopic (exact) mass is 236 g/mol. The Balaban J connectivity index is 2.63. The molecule has 0 bridgehead atoms. The van der Waals surface area contributed by atoms with Gasteiger partial charge in [-0.25, -0.2) is 4.68 Å². The van der Waals surface area contributed by atoms with Gasteiger partial charge in [0.1, 0.15) is 0 Å². The molecule has 2 heterocycles. The van der Waals surface area contributed by atoms with E-state index in [0.717, 1.165) is 22.6 Å². The Bertz CT molecular complexity index is 519. The zero-order valence-corrected chi connectivity index (χ0v) is 9.99. The molecule has 0 saturated carbocycles. The fourth-order valence-electron chi connectivity index (χ4n) is 1.64. The normalized spacial score (nSPS) is 10.8. The predicted molar refractivity (Wildman–Crippen MR) is 63.7 cm³/mol. The molecule has 0 atom stereocenters. The highest BCUT2D eigenvalue weighted by atomic mass is 35.5. The standard InChI is InChI=1S/C11H13ClN4/c1-7-11(12)8(2)16(15-7)10-6-14-4-3-9(10)5-13/h3-4,6H,5,13H2,1-2H3. The Labute approximate surface area is 99.1 Å². The van der Waals surface area contributed by atoms with Gasteiger partial charge in [0.15, 0.2) is 0 Å². The summed E-state index contributed by atoms with van der Waals surface area (Å²) >= 11 is 6.11. The van der Waals surface area contributed by atoms with E-state index in [1.54, 1.807) is 17.1 Å². The SMILES string of the molecule is Cc1nn(-c2cnccc2CN)c(C)c1Cl. The lowest BCUT2D eigenvalue weighted by atomic mass is 10.2. The van der Waals surface area contributed by atoms with Crippen LogP contribution < -0.4 is 5.73 Å². The highest BCUT2D eigenvalue weighted by Gasteiger charge is 2.12. The summed E-state index contributed by atoms with van der Waals surface area (Å²) in [5.41, 5.74) is 9.28.